The largest absolute Gasteiger partial charge is 0.481 e. The first-order valence-electron chi connectivity index (χ1n) is 9.14. The Morgan fingerprint density at radius 3 is 1.62 bits per heavy atom. The number of carboxylic acid groups (broad SMARTS) is 1. The van der Waals surface area contributed by atoms with Crippen LogP contribution in [-0.4, -0.2) is 11.1 Å². The molecule has 0 fully saturated rings. The summed E-state index contributed by atoms with van der Waals surface area (Å²) in [5, 5.41) is 8.51. The molecule has 0 aliphatic carbocycles. The molecule has 0 bridgehead atoms. The zero-order valence-electron chi connectivity index (χ0n) is 14.1. The van der Waals surface area contributed by atoms with Crippen molar-refractivity contribution >= 4 is 5.97 Å². The Morgan fingerprint density at radius 1 is 0.714 bits per heavy atom. The number of allylic oxidation sites excluding steroid dienone is 2. The molecule has 2 nitrogen and oxygen atoms in total. The van der Waals surface area contributed by atoms with E-state index in [1.165, 1.54) is 70.6 Å². The van der Waals surface area contributed by atoms with Crippen molar-refractivity contribution in [2.75, 3.05) is 0 Å². The zero-order chi connectivity index (χ0) is 15.6. The monoisotopic (exact) mass is 296 g/mol. The third-order valence-electron chi connectivity index (χ3n) is 3.90. The van der Waals surface area contributed by atoms with Gasteiger partial charge < -0.3 is 5.11 Å². The third-order valence-corrected chi connectivity index (χ3v) is 3.90. The van der Waals surface area contributed by atoms with Crippen molar-refractivity contribution in [3.8, 4) is 0 Å². The topological polar surface area (TPSA) is 37.3 Å². The summed E-state index contributed by atoms with van der Waals surface area (Å²) in [7, 11) is 0. The van der Waals surface area contributed by atoms with Crippen LogP contribution in [0, 0.1) is 0 Å². The van der Waals surface area contributed by atoms with Crippen molar-refractivity contribution in [1.82, 2.24) is 0 Å². The minimum absolute atomic E-state index is 0.312. The van der Waals surface area contributed by atoms with E-state index in [9.17, 15) is 4.79 Å². The van der Waals surface area contributed by atoms with Crippen LogP contribution in [0.15, 0.2) is 12.2 Å². The Bertz CT molecular complexity index is 246. The highest BCUT2D eigenvalue weighted by atomic mass is 16.4. The smallest absolute Gasteiger partial charge is 0.303 e. The van der Waals surface area contributed by atoms with Crippen LogP contribution in [-0.2, 0) is 4.79 Å². The quantitative estimate of drug-likeness (QED) is 0.261. The van der Waals surface area contributed by atoms with Gasteiger partial charge in [0.1, 0.15) is 0 Å². The second-order valence-corrected chi connectivity index (χ2v) is 6.08. The molecule has 0 aliphatic heterocycles. The first-order chi connectivity index (χ1) is 10.3. The lowest BCUT2D eigenvalue weighted by Gasteiger charge is -2.01. The van der Waals surface area contributed by atoms with E-state index in [-0.39, 0.29) is 0 Å². The Kier molecular flexibility index (Phi) is 16.6. The molecule has 21 heavy (non-hydrogen) atoms. The van der Waals surface area contributed by atoms with Crippen LogP contribution < -0.4 is 0 Å². The van der Waals surface area contributed by atoms with Crippen molar-refractivity contribution in [1.29, 1.82) is 0 Å². The summed E-state index contributed by atoms with van der Waals surface area (Å²) in [4.78, 5) is 10.3. The van der Waals surface area contributed by atoms with Gasteiger partial charge in [0.25, 0.3) is 0 Å². The lowest BCUT2D eigenvalue weighted by atomic mass is 10.1. The summed E-state index contributed by atoms with van der Waals surface area (Å²) in [5.41, 5.74) is 0. The molecule has 2 heteroatoms. The van der Waals surface area contributed by atoms with Crippen molar-refractivity contribution in [2.45, 2.75) is 103 Å². The molecule has 0 radical (unpaired) electrons. The van der Waals surface area contributed by atoms with E-state index in [0.717, 1.165) is 19.3 Å². The van der Waals surface area contributed by atoms with Gasteiger partial charge in [-0.1, -0.05) is 76.9 Å². The number of aliphatic carboxylic acids is 1. The summed E-state index contributed by atoms with van der Waals surface area (Å²) in [5.74, 6) is -0.677. The second-order valence-electron chi connectivity index (χ2n) is 6.08. The molecule has 124 valence electrons. The number of carbonyl (C=O) groups is 1. The van der Waals surface area contributed by atoms with Crippen LogP contribution in [0.4, 0.5) is 0 Å². The highest BCUT2D eigenvalue weighted by Gasteiger charge is 1.94. The van der Waals surface area contributed by atoms with E-state index in [1.807, 2.05) is 0 Å². The fraction of sp³-hybridized carbons (Fsp3) is 0.842. The van der Waals surface area contributed by atoms with Gasteiger partial charge in [-0.15, -0.1) is 0 Å². The first kappa shape index (κ1) is 20.2. The van der Waals surface area contributed by atoms with Crippen molar-refractivity contribution in [3.05, 3.63) is 12.2 Å². The average Bonchev–Trinajstić information content (AvgIpc) is 2.46. The van der Waals surface area contributed by atoms with E-state index in [4.69, 9.17) is 5.11 Å². The highest BCUT2D eigenvalue weighted by Crippen LogP contribution is 2.11. The van der Waals surface area contributed by atoms with E-state index in [2.05, 4.69) is 19.1 Å². The minimum Gasteiger partial charge on any atom is -0.481 e. The van der Waals surface area contributed by atoms with Gasteiger partial charge in [-0.2, -0.15) is 0 Å². The van der Waals surface area contributed by atoms with E-state index in [0.29, 0.717) is 6.42 Å². The average molecular weight is 296 g/mol. The summed E-state index contributed by atoms with van der Waals surface area (Å²) in [6, 6.07) is 0. The maximum Gasteiger partial charge on any atom is 0.303 e. The molecule has 0 atom stereocenters. The number of rotatable bonds is 16. The van der Waals surface area contributed by atoms with Crippen LogP contribution in [0.3, 0.4) is 0 Å². The number of hydrogen-bond acceptors (Lipinski definition) is 1. The molecule has 0 amide bonds. The van der Waals surface area contributed by atoms with Crippen LogP contribution >= 0.6 is 0 Å². The maximum absolute atomic E-state index is 10.3. The highest BCUT2D eigenvalue weighted by molar-refractivity contribution is 5.66. The lowest BCUT2D eigenvalue weighted by molar-refractivity contribution is -0.137. The Morgan fingerprint density at radius 2 is 1.14 bits per heavy atom. The van der Waals surface area contributed by atoms with Gasteiger partial charge in [0.2, 0.25) is 0 Å². The molecule has 1 N–H and O–H groups in total. The molecule has 0 aromatic carbocycles. The van der Waals surface area contributed by atoms with E-state index >= 15 is 0 Å². The van der Waals surface area contributed by atoms with Crippen molar-refractivity contribution < 1.29 is 9.90 Å². The predicted molar refractivity (Wildman–Crippen MR) is 91.7 cm³/mol. The van der Waals surface area contributed by atoms with Crippen LogP contribution in [0.1, 0.15) is 103 Å². The summed E-state index contributed by atoms with van der Waals surface area (Å²) < 4.78 is 0. The lowest BCUT2D eigenvalue weighted by Crippen LogP contribution is -1.92. The summed E-state index contributed by atoms with van der Waals surface area (Å²) in [6.45, 7) is 2.27. The molecule has 0 heterocycles. The molecule has 0 unspecified atom stereocenters. The standard InChI is InChI=1S/C19H36O2/c1-2-3-4-5-6-7-8-9-10-11-12-13-14-15-16-17-18-19(20)21/h13-14H,2-12,15-18H2,1H3,(H,20,21)/b14-13+. The number of unbranched alkanes of at least 4 members (excludes halogenated alkanes) is 12. The SMILES string of the molecule is CCCCCCCCCCCC/C=C/CCCCC(=O)O. The van der Waals surface area contributed by atoms with Gasteiger partial charge in [0.15, 0.2) is 0 Å². The van der Waals surface area contributed by atoms with Gasteiger partial charge in [-0.05, 0) is 32.1 Å². The Labute approximate surface area is 132 Å². The molecular formula is C19H36O2. The van der Waals surface area contributed by atoms with E-state index < -0.39 is 5.97 Å². The predicted octanol–water partition coefficient (Wildman–Crippen LogP) is 6.50. The van der Waals surface area contributed by atoms with Crippen LogP contribution in [0.25, 0.3) is 0 Å². The molecule has 0 rings (SSSR count). The second kappa shape index (κ2) is 17.3. The van der Waals surface area contributed by atoms with E-state index in [1.54, 1.807) is 0 Å². The maximum atomic E-state index is 10.3. The zero-order valence-corrected chi connectivity index (χ0v) is 14.1. The molecule has 0 saturated carbocycles. The van der Waals surface area contributed by atoms with Gasteiger partial charge >= 0.3 is 5.97 Å². The molecule has 0 aromatic heterocycles. The van der Waals surface area contributed by atoms with Crippen LogP contribution in [0.2, 0.25) is 0 Å². The van der Waals surface area contributed by atoms with Crippen molar-refractivity contribution in [3.63, 3.8) is 0 Å². The first-order valence-corrected chi connectivity index (χ1v) is 9.14. The fourth-order valence-corrected chi connectivity index (χ4v) is 2.52. The van der Waals surface area contributed by atoms with Gasteiger partial charge in [-0.3, -0.25) is 4.79 Å². The Hall–Kier alpha value is -0.790. The molecular weight excluding hydrogens is 260 g/mol. The summed E-state index contributed by atoms with van der Waals surface area (Å²) in [6.07, 6.45) is 22.7. The Balaban J connectivity index is 3.06. The van der Waals surface area contributed by atoms with Crippen LogP contribution in [0.5, 0.6) is 0 Å². The van der Waals surface area contributed by atoms with Gasteiger partial charge in [0.05, 0.1) is 0 Å². The molecule has 0 aromatic rings. The van der Waals surface area contributed by atoms with Crippen molar-refractivity contribution in [2.24, 2.45) is 0 Å². The minimum atomic E-state index is -0.677. The van der Waals surface area contributed by atoms with Gasteiger partial charge in [-0.25, -0.2) is 0 Å². The van der Waals surface area contributed by atoms with Gasteiger partial charge in [0, 0.05) is 6.42 Å². The molecule has 0 saturated heterocycles. The summed E-state index contributed by atoms with van der Waals surface area (Å²) >= 11 is 0. The third kappa shape index (κ3) is 19.2. The fourth-order valence-electron chi connectivity index (χ4n) is 2.52. The number of hydrogen-bond donors (Lipinski definition) is 1. The molecule has 0 aliphatic rings. The number of carboxylic acids is 1. The normalized spacial score (nSPS) is 11.3. The molecule has 0 spiro atoms.